The molecule has 0 amide bonds. The van der Waals surface area contributed by atoms with E-state index in [1.807, 2.05) is 0 Å². The van der Waals surface area contributed by atoms with Crippen LogP contribution in [-0.4, -0.2) is 29.4 Å². The molecule has 0 saturated heterocycles. The highest BCUT2D eigenvalue weighted by atomic mass is 79.9. The van der Waals surface area contributed by atoms with Crippen molar-refractivity contribution in [3.8, 4) is 6.07 Å². The third kappa shape index (κ3) is 4.10. The van der Waals surface area contributed by atoms with Crippen LogP contribution in [0.1, 0.15) is 26.2 Å². The minimum Gasteiger partial charge on any atom is -0.299 e. The van der Waals surface area contributed by atoms with Crippen LogP contribution >= 0.6 is 15.9 Å². The van der Waals surface area contributed by atoms with Crippen LogP contribution in [0.25, 0.3) is 0 Å². The van der Waals surface area contributed by atoms with Crippen LogP contribution < -0.4 is 0 Å². The van der Waals surface area contributed by atoms with Gasteiger partial charge in [-0.25, -0.2) is 0 Å². The summed E-state index contributed by atoms with van der Waals surface area (Å²) in [7, 11) is 0. The van der Waals surface area contributed by atoms with Crippen LogP contribution in [0, 0.1) is 17.2 Å². The predicted molar refractivity (Wildman–Crippen MR) is 57.8 cm³/mol. The van der Waals surface area contributed by atoms with E-state index in [9.17, 15) is 0 Å². The van der Waals surface area contributed by atoms with Crippen LogP contribution in [0.3, 0.4) is 0 Å². The fraction of sp³-hybridized carbons (Fsp3) is 0.900. The zero-order chi connectivity index (χ0) is 9.68. The Morgan fingerprint density at radius 2 is 2.31 bits per heavy atom. The Hall–Kier alpha value is -0.0700. The highest BCUT2D eigenvalue weighted by Gasteiger charge is 2.28. The van der Waals surface area contributed by atoms with Gasteiger partial charge in [-0.05, 0) is 18.8 Å². The smallest absolute Gasteiger partial charge is 0.0635 e. The van der Waals surface area contributed by atoms with Crippen molar-refractivity contribution < 1.29 is 0 Å². The Bertz CT molecular complexity index is 184. The van der Waals surface area contributed by atoms with Gasteiger partial charge in [0.2, 0.25) is 0 Å². The minimum absolute atomic E-state index is 0.672. The van der Waals surface area contributed by atoms with Crippen molar-refractivity contribution in [2.45, 2.75) is 32.2 Å². The lowest BCUT2D eigenvalue weighted by Gasteiger charge is -2.23. The van der Waals surface area contributed by atoms with E-state index in [0.717, 1.165) is 24.5 Å². The number of halogens is 1. The quantitative estimate of drug-likeness (QED) is 0.672. The highest BCUT2D eigenvalue weighted by molar-refractivity contribution is 9.09. The molecule has 0 aliphatic heterocycles. The number of alkyl halides is 1. The van der Waals surface area contributed by atoms with Gasteiger partial charge in [0.25, 0.3) is 0 Å². The van der Waals surface area contributed by atoms with Gasteiger partial charge >= 0.3 is 0 Å². The SMILES string of the molecule is CC(CBr)CN(CCC#N)C1CC1. The molecule has 0 heterocycles. The van der Waals surface area contributed by atoms with Crippen LogP contribution in [0.4, 0.5) is 0 Å². The van der Waals surface area contributed by atoms with Crippen molar-refractivity contribution in [2.24, 2.45) is 5.92 Å². The zero-order valence-corrected chi connectivity index (χ0v) is 9.76. The normalized spacial score (nSPS) is 18.6. The van der Waals surface area contributed by atoms with E-state index in [2.05, 4.69) is 33.8 Å². The van der Waals surface area contributed by atoms with Gasteiger partial charge in [-0.1, -0.05) is 22.9 Å². The first kappa shape index (κ1) is 11.0. The maximum absolute atomic E-state index is 8.52. The van der Waals surface area contributed by atoms with Gasteiger partial charge in [0.05, 0.1) is 6.07 Å². The average molecular weight is 245 g/mol. The minimum atomic E-state index is 0.672. The summed E-state index contributed by atoms with van der Waals surface area (Å²) in [5.74, 6) is 0.694. The third-order valence-electron chi connectivity index (χ3n) is 2.38. The van der Waals surface area contributed by atoms with E-state index in [-0.39, 0.29) is 0 Å². The lowest BCUT2D eigenvalue weighted by atomic mass is 10.2. The number of nitriles is 1. The fourth-order valence-corrected chi connectivity index (χ4v) is 1.71. The molecule has 0 aromatic carbocycles. The van der Waals surface area contributed by atoms with Crippen LogP contribution in [-0.2, 0) is 0 Å². The van der Waals surface area contributed by atoms with Crippen LogP contribution in [0.5, 0.6) is 0 Å². The van der Waals surface area contributed by atoms with Gasteiger partial charge in [-0.3, -0.25) is 4.90 Å². The Kier molecular flexibility index (Phi) is 4.76. The molecular weight excluding hydrogens is 228 g/mol. The molecule has 74 valence electrons. The summed E-state index contributed by atoms with van der Waals surface area (Å²) in [6, 6.07) is 3.01. The summed E-state index contributed by atoms with van der Waals surface area (Å²) in [5, 5.41) is 9.58. The molecule has 0 N–H and O–H groups in total. The summed E-state index contributed by atoms with van der Waals surface area (Å²) < 4.78 is 0. The summed E-state index contributed by atoms with van der Waals surface area (Å²) in [5.41, 5.74) is 0. The molecule has 3 heteroatoms. The summed E-state index contributed by atoms with van der Waals surface area (Å²) in [4.78, 5) is 2.47. The largest absolute Gasteiger partial charge is 0.299 e. The van der Waals surface area contributed by atoms with Crippen molar-refractivity contribution in [2.75, 3.05) is 18.4 Å². The Morgan fingerprint density at radius 1 is 1.62 bits per heavy atom. The summed E-state index contributed by atoms with van der Waals surface area (Å²) in [6.07, 6.45) is 3.34. The van der Waals surface area contributed by atoms with Crippen molar-refractivity contribution in [1.29, 1.82) is 5.26 Å². The molecule has 1 rings (SSSR count). The first-order valence-electron chi connectivity index (χ1n) is 4.95. The Balaban J connectivity index is 2.25. The van der Waals surface area contributed by atoms with E-state index in [0.29, 0.717) is 12.3 Å². The maximum Gasteiger partial charge on any atom is 0.0635 e. The summed E-state index contributed by atoms with van der Waals surface area (Å²) >= 11 is 3.49. The monoisotopic (exact) mass is 244 g/mol. The van der Waals surface area contributed by atoms with Crippen LogP contribution in [0.2, 0.25) is 0 Å². The van der Waals surface area contributed by atoms with Crippen molar-refractivity contribution in [3.05, 3.63) is 0 Å². The molecule has 0 spiro atoms. The van der Waals surface area contributed by atoms with Crippen molar-refractivity contribution in [1.82, 2.24) is 4.90 Å². The average Bonchev–Trinajstić information content (AvgIpc) is 2.94. The van der Waals surface area contributed by atoms with Gasteiger partial charge in [0, 0.05) is 30.9 Å². The van der Waals surface area contributed by atoms with Crippen molar-refractivity contribution >= 4 is 15.9 Å². The molecule has 1 unspecified atom stereocenters. The van der Waals surface area contributed by atoms with Gasteiger partial charge in [0.1, 0.15) is 0 Å². The third-order valence-corrected chi connectivity index (χ3v) is 3.49. The molecule has 1 aliphatic carbocycles. The molecule has 1 aliphatic rings. The first-order chi connectivity index (χ1) is 6.27. The Labute approximate surface area is 89.0 Å². The van der Waals surface area contributed by atoms with Gasteiger partial charge < -0.3 is 0 Å². The van der Waals surface area contributed by atoms with E-state index >= 15 is 0 Å². The second-order valence-electron chi connectivity index (χ2n) is 3.89. The van der Waals surface area contributed by atoms with E-state index in [1.54, 1.807) is 0 Å². The number of hydrogen-bond donors (Lipinski definition) is 0. The second kappa shape index (κ2) is 5.62. The molecule has 0 radical (unpaired) electrons. The van der Waals surface area contributed by atoms with E-state index in [1.165, 1.54) is 12.8 Å². The molecule has 0 bridgehead atoms. The molecule has 1 atom stereocenters. The molecular formula is C10H17BrN2. The van der Waals surface area contributed by atoms with Gasteiger partial charge in [-0.15, -0.1) is 0 Å². The lowest BCUT2D eigenvalue weighted by Crippen LogP contribution is -2.32. The molecule has 1 fully saturated rings. The van der Waals surface area contributed by atoms with E-state index in [4.69, 9.17) is 5.26 Å². The molecule has 13 heavy (non-hydrogen) atoms. The Morgan fingerprint density at radius 3 is 2.77 bits per heavy atom. The molecule has 2 nitrogen and oxygen atoms in total. The highest BCUT2D eigenvalue weighted by Crippen LogP contribution is 2.27. The van der Waals surface area contributed by atoms with Gasteiger partial charge in [0.15, 0.2) is 0 Å². The molecule has 0 aromatic heterocycles. The number of nitrogens with zero attached hydrogens (tertiary/aromatic N) is 2. The van der Waals surface area contributed by atoms with Crippen molar-refractivity contribution in [3.63, 3.8) is 0 Å². The maximum atomic E-state index is 8.52. The van der Waals surface area contributed by atoms with Crippen LogP contribution in [0.15, 0.2) is 0 Å². The lowest BCUT2D eigenvalue weighted by molar-refractivity contribution is 0.241. The van der Waals surface area contributed by atoms with Gasteiger partial charge in [-0.2, -0.15) is 5.26 Å². The molecule has 1 saturated carbocycles. The zero-order valence-electron chi connectivity index (χ0n) is 8.17. The molecule has 0 aromatic rings. The number of hydrogen-bond acceptors (Lipinski definition) is 2. The topological polar surface area (TPSA) is 27.0 Å². The fourth-order valence-electron chi connectivity index (χ4n) is 1.51. The predicted octanol–water partition coefficient (Wildman–Crippen LogP) is 2.40. The summed E-state index contributed by atoms with van der Waals surface area (Å²) in [6.45, 7) is 4.34. The number of rotatable bonds is 6. The first-order valence-corrected chi connectivity index (χ1v) is 6.07. The standard InChI is InChI=1S/C10H17BrN2/c1-9(7-11)8-13(6-2-5-12)10-3-4-10/h9-10H,2-4,6-8H2,1H3. The van der Waals surface area contributed by atoms with E-state index < -0.39 is 0 Å². The second-order valence-corrected chi connectivity index (χ2v) is 4.54.